The topological polar surface area (TPSA) is 26.3 Å². The lowest BCUT2D eigenvalue weighted by molar-refractivity contribution is 0.0989. The second kappa shape index (κ2) is 7.92. The zero-order valence-corrected chi connectivity index (χ0v) is 17.2. The van der Waals surface area contributed by atoms with Crippen LogP contribution in [0.5, 0.6) is 0 Å². The molecular weight excluding hydrogens is 364 g/mol. The Hall–Kier alpha value is -0.690. The van der Waals surface area contributed by atoms with Crippen LogP contribution in [0.4, 0.5) is 0 Å². The standard InChI is InChI=1S/C17H20O2S4/c1-6-19-17(20)23-16(14-8-10(3)22-12(14)5)15(18)13-7-9(2)21-11(13)4/h7-8,16H,6H2,1-5H3. The first kappa shape index (κ1) is 18.6. The first-order chi connectivity index (χ1) is 10.8. The highest BCUT2D eigenvalue weighted by Gasteiger charge is 2.29. The summed E-state index contributed by atoms with van der Waals surface area (Å²) in [5, 5.41) is -0.341. The molecule has 2 rings (SSSR count). The number of rotatable bonds is 5. The van der Waals surface area contributed by atoms with E-state index in [2.05, 4.69) is 19.9 Å². The van der Waals surface area contributed by atoms with E-state index >= 15 is 0 Å². The van der Waals surface area contributed by atoms with Gasteiger partial charge < -0.3 is 4.74 Å². The molecule has 6 heteroatoms. The third kappa shape index (κ3) is 4.44. The molecule has 1 atom stereocenters. The van der Waals surface area contributed by atoms with Crippen molar-refractivity contribution in [3.63, 3.8) is 0 Å². The molecule has 0 aliphatic rings. The third-order valence-corrected chi connectivity index (χ3v) is 6.75. The van der Waals surface area contributed by atoms with Gasteiger partial charge in [0.1, 0.15) is 5.25 Å². The van der Waals surface area contributed by atoms with Crippen LogP contribution in [0, 0.1) is 27.7 Å². The molecule has 2 aromatic rings. The van der Waals surface area contributed by atoms with Crippen molar-refractivity contribution < 1.29 is 9.53 Å². The number of hydrogen-bond acceptors (Lipinski definition) is 6. The number of ketones is 1. The Morgan fingerprint density at radius 1 is 1.17 bits per heavy atom. The predicted octanol–water partition coefficient (Wildman–Crippen LogP) is 6.02. The summed E-state index contributed by atoms with van der Waals surface area (Å²) >= 11 is 9.99. The van der Waals surface area contributed by atoms with E-state index in [4.69, 9.17) is 17.0 Å². The van der Waals surface area contributed by atoms with Crippen LogP contribution in [-0.2, 0) is 4.74 Å². The van der Waals surface area contributed by atoms with Gasteiger partial charge in [-0.05, 0) is 64.5 Å². The zero-order chi connectivity index (χ0) is 17.1. The van der Waals surface area contributed by atoms with Crippen LogP contribution in [0.25, 0.3) is 0 Å². The third-order valence-electron chi connectivity index (χ3n) is 3.38. The van der Waals surface area contributed by atoms with Gasteiger partial charge in [-0.2, -0.15) is 0 Å². The van der Waals surface area contributed by atoms with Crippen LogP contribution in [0.15, 0.2) is 12.1 Å². The lowest BCUT2D eigenvalue weighted by Gasteiger charge is -2.16. The Bertz CT molecular complexity index is 727. The highest BCUT2D eigenvalue weighted by atomic mass is 32.2. The first-order valence-corrected chi connectivity index (χ1v) is 10.3. The van der Waals surface area contributed by atoms with E-state index in [1.54, 1.807) is 22.7 Å². The maximum absolute atomic E-state index is 13.2. The van der Waals surface area contributed by atoms with Crippen molar-refractivity contribution in [2.24, 2.45) is 0 Å². The summed E-state index contributed by atoms with van der Waals surface area (Å²) in [6.07, 6.45) is 0. The summed E-state index contributed by atoms with van der Waals surface area (Å²) in [5.74, 6) is 0.111. The van der Waals surface area contributed by atoms with Gasteiger partial charge in [0.2, 0.25) is 4.38 Å². The van der Waals surface area contributed by atoms with Gasteiger partial charge in [0.15, 0.2) is 5.78 Å². The summed E-state index contributed by atoms with van der Waals surface area (Å²) < 4.78 is 5.84. The molecular formula is C17H20O2S4. The average molecular weight is 385 g/mol. The van der Waals surface area contributed by atoms with Crippen LogP contribution in [0.1, 0.15) is 47.6 Å². The average Bonchev–Trinajstić information content (AvgIpc) is 2.97. The van der Waals surface area contributed by atoms with Gasteiger partial charge in [0.05, 0.1) is 6.61 Å². The lowest BCUT2D eigenvalue weighted by Crippen LogP contribution is -2.13. The van der Waals surface area contributed by atoms with E-state index in [1.165, 1.54) is 16.6 Å². The van der Waals surface area contributed by atoms with Crippen molar-refractivity contribution in [1.82, 2.24) is 0 Å². The van der Waals surface area contributed by atoms with Crippen molar-refractivity contribution in [2.75, 3.05) is 6.61 Å². The molecule has 0 radical (unpaired) electrons. The molecule has 2 nitrogen and oxygen atoms in total. The normalized spacial score (nSPS) is 12.2. The van der Waals surface area contributed by atoms with Gasteiger partial charge in [0, 0.05) is 25.1 Å². The van der Waals surface area contributed by atoms with E-state index < -0.39 is 0 Å². The molecule has 0 saturated carbocycles. The van der Waals surface area contributed by atoms with Gasteiger partial charge >= 0.3 is 0 Å². The van der Waals surface area contributed by atoms with Crippen LogP contribution in [0.2, 0.25) is 0 Å². The molecule has 124 valence electrons. The van der Waals surface area contributed by atoms with Crippen molar-refractivity contribution in [3.8, 4) is 0 Å². The fraction of sp³-hybridized carbons (Fsp3) is 0.412. The number of thiocarbonyl (C=S) groups is 1. The second-order valence-corrected chi connectivity index (χ2v) is 9.87. The minimum Gasteiger partial charge on any atom is -0.479 e. The number of aryl methyl sites for hydroxylation is 4. The van der Waals surface area contributed by atoms with E-state index in [9.17, 15) is 4.79 Å². The van der Waals surface area contributed by atoms with Crippen molar-refractivity contribution >= 4 is 56.8 Å². The molecule has 0 bridgehead atoms. The summed E-state index contributed by atoms with van der Waals surface area (Å²) in [5.41, 5.74) is 1.85. The summed E-state index contributed by atoms with van der Waals surface area (Å²) in [7, 11) is 0. The first-order valence-electron chi connectivity index (χ1n) is 7.35. The van der Waals surface area contributed by atoms with Gasteiger partial charge in [-0.3, -0.25) is 4.79 Å². The minimum absolute atomic E-state index is 0.111. The Labute approximate surface area is 155 Å². The number of carbonyl (C=O) groups is 1. The predicted molar refractivity (Wildman–Crippen MR) is 106 cm³/mol. The molecule has 0 aromatic carbocycles. The largest absolute Gasteiger partial charge is 0.479 e. The zero-order valence-electron chi connectivity index (χ0n) is 13.9. The number of thioether (sulfide) groups is 1. The highest BCUT2D eigenvalue weighted by Crippen LogP contribution is 2.40. The monoisotopic (exact) mass is 384 g/mol. The Morgan fingerprint density at radius 2 is 1.78 bits per heavy atom. The van der Waals surface area contributed by atoms with Crippen LogP contribution < -0.4 is 0 Å². The van der Waals surface area contributed by atoms with Gasteiger partial charge in [-0.1, -0.05) is 11.8 Å². The molecule has 0 fully saturated rings. The van der Waals surface area contributed by atoms with E-state index in [0.29, 0.717) is 11.0 Å². The number of thiophene rings is 2. The molecule has 0 aliphatic heterocycles. The summed E-state index contributed by atoms with van der Waals surface area (Å²) in [6, 6.07) is 4.08. The molecule has 0 saturated heterocycles. The fourth-order valence-corrected chi connectivity index (χ4v) is 5.79. The molecule has 0 aliphatic carbocycles. The maximum atomic E-state index is 13.2. The number of ether oxygens (including phenoxy) is 1. The number of hydrogen-bond donors (Lipinski definition) is 0. The SMILES string of the molecule is CCOC(=S)SC(C(=O)c1cc(C)sc1C)c1cc(C)sc1C. The number of Topliss-reactive ketones (excluding diaryl/α,β-unsaturated/α-hetero) is 1. The second-order valence-electron chi connectivity index (χ2n) is 5.24. The van der Waals surface area contributed by atoms with Crippen molar-refractivity contribution in [1.29, 1.82) is 0 Å². The molecule has 2 heterocycles. The van der Waals surface area contributed by atoms with Crippen molar-refractivity contribution in [3.05, 3.63) is 42.8 Å². The molecule has 0 N–H and O–H groups in total. The minimum atomic E-state index is -0.341. The Balaban J connectivity index is 2.40. The molecule has 23 heavy (non-hydrogen) atoms. The smallest absolute Gasteiger partial charge is 0.221 e. The van der Waals surface area contributed by atoms with Crippen molar-refractivity contribution in [2.45, 2.75) is 39.9 Å². The van der Waals surface area contributed by atoms with Gasteiger partial charge in [-0.15, -0.1) is 22.7 Å². The number of carbonyl (C=O) groups excluding carboxylic acids is 1. The van der Waals surface area contributed by atoms with E-state index in [1.807, 2.05) is 26.8 Å². The Kier molecular flexibility index (Phi) is 6.42. The molecule has 0 spiro atoms. The van der Waals surface area contributed by atoms with Crippen LogP contribution in [0.3, 0.4) is 0 Å². The summed E-state index contributed by atoms with van der Waals surface area (Å²) in [6.45, 7) is 10.6. The molecule has 2 aromatic heterocycles. The maximum Gasteiger partial charge on any atom is 0.221 e. The lowest BCUT2D eigenvalue weighted by atomic mass is 10.0. The highest BCUT2D eigenvalue weighted by molar-refractivity contribution is 8.23. The quantitative estimate of drug-likeness (QED) is 0.465. The fourth-order valence-electron chi connectivity index (χ4n) is 2.43. The van der Waals surface area contributed by atoms with Crippen LogP contribution in [-0.4, -0.2) is 16.8 Å². The Morgan fingerprint density at radius 3 is 2.26 bits per heavy atom. The van der Waals surface area contributed by atoms with Crippen LogP contribution >= 0.6 is 46.7 Å². The van der Waals surface area contributed by atoms with E-state index in [0.717, 1.165) is 25.8 Å². The molecule has 0 amide bonds. The van der Waals surface area contributed by atoms with Gasteiger partial charge in [-0.25, -0.2) is 0 Å². The summed E-state index contributed by atoms with van der Waals surface area (Å²) in [4.78, 5) is 17.7. The van der Waals surface area contributed by atoms with Gasteiger partial charge in [0.25, 0.3) is 0 Å². The van der Waals surface area contributed by atoms with E-state index in [-0.39, 0.29) is 11.0 Å². The molecule has 1 unspecified atom stereocenters.